The van der Waals surface area contributed by atoms with Gasteiger partial charge in [0.05, 0.1) is 5.75 Å². The zero-order chi connectivity index (χ0) is 13.0. The van der Waals surface area contributed by atoms with Crippen molar-refractivity contribution in [2.45, 2.75) is 5.75 Å². The number of ether oxygens (including phenoxy) is 1. The van der Waals surface area contributed by atoms with Gasteiger partial charge in [0.25, 0.3) is 0 Å². The van der Waals surface area contributed by atoms with Crippen molar-refractivity contribution in [3.05, 3.63) is 43.5 Å². The molecule has 0 radical (unpaired) electrons. The van der Waals surface area contributed by atoms with Gasteiger partial charge in [-0.3, -0.25) is 4.98 Å². The summed E-state index contributed by atoms with van der Waals surface area (Å²) >= 11 is 8.32. The van der Waals surface area contributed by atoms with E-state index in [4.69, 9.17) is 4.74 Å². The summed E-state index contributed by atoms with van der Waals surface area (Å²) < 4.78 is 7.48. The molecule has 0 aliphatic carbocycles. The van der Waals surface area contributed by atoms with Crippen LogP contribution in [-0.4, -0.2) is 21.1 Å². The summed E-state index contributed by atoms with van der Waals surface area (Å²) in [5.74, 6) is 2.48. The number of hydrogen-bond acceptors (Lipinski definition) is 4. The van der Waals surface area contributed by atoms with E-state index < -0.39 is 0 Å². The third kappa shape index (κ3) is 3.89. The number of hydrogen-bond donors (Lipinski definition) is 2. The van der Waals surface area contributed by atoms with E-state index in [2.05, 4.69) is 47.0 Å². The fourth-order valence-electron chi connectivity index (χ4n) is 1.19. The van der Waals surface area contributed by atoms with Crippen LogP contribution in [0.25, 0.3) is 0 Å². The van der Waals surface area contributed by atoms with Crippen LogP contribution in [0.15, 0.2) is 31.9 Å². The molecule has 1 heterocycles. The molecule has 18 heavy (non-hydrogen) atoms. The molecule has 0 saturated carbocycles. The molecule has 0 atom stereocenters. The molecular formula is C10H9Br2N3O2S. The topological polar surface area (TPSA) is 70.8 Å². The average Bonchev–Trinajstić information content (AvgIpc) is 2.75. The number of nitrogens with one attached hydrogen (secondary N) is 2. The second-order valence-electron chi connectivity index (χ2n) is 3.31. The van der Waals surface area contributed by atoms with Crippen molar-refractivity contribution >= 4 is 43.6 Å². The van der Waals surface area contributed by atoms with Gasteiger partial charge in [-0.05, 0) is 50.1 Å². The number of aromatic nitrogens is 3. The molecule has 0 spiro atoms. The van der Waals surface area contributed by atoms with Gasteiger partial charge in [0, 0.05) is 8.95 Å². The van der Waals surface area contributed by atoms with Crippen LogP contribution >= 0.6 is 43.6 Å². The Morgan fingerprint density at radius 3 is 2.83 bits per heavy atom. The molecule has 0 aliphatic heterocycles. The highest BCUT2D eigenvalue weighted by Gasteiger charge is 2.01. The lowest BCUT2D eigenvalue weighted by Crippen LogP contribution is -2.01. The normalized spacial score (nSPS) is 10.6. The first-order chi connectivity index (χ1) is 8.65. The van der Waals surface area contributed by atoms with Crippen LogP contribution in [0.3, 0.4) is 0 Å². The SMILES string of the molecule is O=c1[nH]nc(CSCOc2ccc(Br)c(Br)c2)[nH]1. The Morgan fingerprint density at radius 2 is 2.17 bits per heavy atom. The quantitative estimate of drug-likeness (QED) is 0.604. The average molecular weight is 395 g/mol. The Morgan fingerprint density at radius 1 is 1.33 bits per heavy atom. The Labute approximate surface area is 124 Å². The van der Waals surface area contributed by atoms with E-state index in [1.54, 1.807) is 0 Å². The fraction of sp³-hybridized carbons (Fsp3) is 0.200. The minimum absolute atomic E-state index is 0.289. The Kier molecular flexibility index (Phi) is 4.90. The van der Waals surface area contributed by atoms with Gasteiger partial charge >= 0.3 is 5.69 Å². The summed E-state index contributed by atoms with van der Waals surface area (Å²) in [5, 5.41) is 6.12. The van der Waals surface area contributed by atoms with E-state index in [1.807, 2.05) is 18.2 Å². The number of rotatable bonds is 5. The van der Waals surface area contributed by atoms with Crippen LogP contribution in [0.5, 0.6) is 5.75 Å². The lowest BCUT2D eigenvalue weighted by atomic mass is 10.3. The van der Waals surface area contributed by atoms with Crippen molar-refractivity contribution in [1.82, 2.24) is 15.2 Å². The number of H-pyrrole nitrogens is 2. The number of halogens is 2. The van der Waals surface area contributed by atoms with Crippen LogP contribution in [0.1, 0.15) is 5.82 Å². The van der Waals surface area contributed by atoms with E-state index in [9.17, 15) is 4.79 Å². The molecule has 0 aliphatic rings. The largest absolute Gasteiger partial charge is 0.483 e. The zero-order valence-electron chi connectivity index (χ0n) is 9.07. The van der Waals surface area contributed by atoms with Crippen molar-refractivity contribution in [3.63, 3.8) is 0 Å². The second-order valence-corrected chi connectivity index (χ2v) is 5.95. The van der Waals surface area contributed by atoms with Crippen molar-refractivity contribution in [2.75, 3.05) is 5.94 Å². The maximum absolute atomic E-state index is 10.8. The molecule has 2 aromatic rings. The summed E-state index contributed by atoms with van der Waals surface area (Å²) in [6.07, 6.45) is 0. The molecule has 0 amide bonds. The monoisotopic (exact) mass is 393 g/mol. The number of aromatic amines is 2. The van der Waals surface area contributed by atoms with Gasteiger partial charge < -0.3 is 4.74 Å². The second kappa shape index (κ2) is 6.44. The van der Waals surface area contributed by atoms with E-state index in [0.717, 1.165) is 14.7 Å². The van der Waals surface area contributed by atoms with Gasteiger partial charge in [-0.1, -0.05) is 0 Å². The lowest BCUT2D eigenvalue weighted by molar-refractivity contribution is 0.392. The summed E-state index contributed by atoms with van der Waals surface area (Å²) in [6, 6.07) is 5.68. The minimum Gasteiger partial charge on any atom is -0.483 e. The third-order valence-corrected chi connectivity index (χ3v) is 4.63. The molecule has 5 nitrogen and oxygen atoms in total. The van der Waals surface area contributed by atoms with E-state index in [1.165, 1.54) is 11.8 Å². The van der Waals surface area contributed by atoms with Gasteiger partial charge in [-0.15, -0.1) is 11.8 Å². The summed E-state index contributed by atoms with van der Waals surface area (Å²) in [4.78, 5) is 13.4. The van der Waals surface area contributed by atoms with E-state index in [-0.39, 0.29) is 5.69 Å². The van der Waals surface area contributed by atoms with Crippen molar-refractivity contribution in [2.24, 2.45) is 0 Å². The van der Waals surface area contributed by atoms with Crippen molar-refractivity contribution in [1.29, 1.82) is 0 Å². The lowest BCUT2D eigenvalue weighted by Gasteiger charge is -2.06. The molecule has 96 valence electrons. The van der Waals surface area contributed by atoms with Gasteiger partial charge in [-0.2, -0.15) is 5.10 Å². The van der Waals surface area contributed by atoms with Gasteiger partial charge in [0.15, 0.2) is 0 Å². The van der Waals surface area contributed by atoms with Gasteiger partial charge in [0.1, 0.15) is 17.5 Å². The number of benzene rings is 1. The van der Waals surface area contributed by atoms with Crippen LogP contribution in [0, 0.1) is 0 Å². The predicted molar refractivity (Wildman–Crippen MR) is 77.8 cm³/mol. The maximum atomic E-state index is 10.8. The standard InChI is InChI=1S/C10H9Br2N3O2S/c11-7-2-1-6(3-8(7)12)17-5-18-4-9-13-10(16)15-14-9/h1-3H,4-5H2,(H2,13,14,15,16). The molecule has 0 saturated heterocycles. The van der Waals surface area contributed by atoms with Gasteiger partial charge in [-0.25, -0.2) is 9.89 Å². The minimum atomic E-state index is -0.289. The first kappa shape index (κ1) is 13.7. The molecule has 1 aromatic heterocycles. The summed E-state index contributed by atoms with van der Waals surface area (Å²) in [7, 11) is 0. The highest BCUT2D eigenvalue weighted by Crippen LogP contribution is 2.27. The zero-order valence-corrected chi connectivity index (χ0v) is 13.1. The van der Waals surface area contributed by atoms with Gasteiger partial charge in [0.2, 0.25) is 0 Å². The number of nitrogens with zero attached hydrogens (tertiary/aromatic N) is 1. The van der Waals surface area contributed by atoms with Crippen LogP contribution < -0.4 is 10.4 Å². The molecule has 0 fully saturated rings. The predicted octanol–water partition coefficient (Wildman–Crippen LogP) is 2.89. The first-order valence-corrected chi connectivity index (χ1v) is 7.68. The van der Waals surface area contributed by atoms with Crippen molar-refractivity contribution in [3.8, 4) is 5.75 Å². The highest BCUT2D eigenvalue weighted by molar-refractivity contribution is 9.13. The Hall–Kier alpha value is -0.730. The number of thioether (sulfide) groups is 1. The Balaban J connectivity index is 1.78. The van der Waals surface area contributed by atoms with Crippen LogP contribution in [0.2, 0.25) is 0 Å². The molecular weight excluding hydrogens is 386 g/mol. The first-order valence-electron chi connectivity index (χ1n) is 4.94. The maximum Gasteiger partial charge on any atom is 0.340 e. The Bertz CT molecular complexity index is 584. The van der Waals surface area contributed by atoms with Crippen LogP contribution in [-0.2, 0) is 5.75 Å². The van der Waals surface area contributed by atoms with E-state index in [0.29, 0.717) is 17.5 Å². The molecule has 1 aromatic carbocycles. The molecule has 2 N–H and O–H groups in total. The molecule has 2 rings (SSSR count). The molecule has 0 bridgehead atoms. The smallest absolute Gasteiger partial charge is 0.340 e. The molecule has 8 heteroatoms. The van der Waals surface area contributed by atoms with E-state index >= 15 is 0 Å². The van der Waals surface area contributed by atoms with Crippen LogP contribution in [0.4, 0.5) is 0 Å². The third-order valence-electron chi connectivity index (χ3n) is 1.99. The molecule has 0 unspecified atom stereocenters. The van der Waals surface area contributed by atoms with Crippen molar-refractivity contribution < 1.29 is 4.74 Å². The fourth-order valence-corrected chi connectivity index (χ4v) is 2.43. The highest BCUT2D eigenvalue weighted by atomic mass is 79.9. The summed E-state index contributed by atoms with van der Waals surface area (Å²) in [5.41, 5.74) is -0.289. The summed E-state index contributed by atoms with van der Waals surface area (Å²) in [6.45, 7) is 0.